The molecule has 1 atom stereocenters. The Labute approximate surface area is 298 Å². The van der Waals surface area contributed by atoms with Gasteiger partial charge in [-0.25, -0.2) is 4.79 Å². The smallest absolute Gasteiger partial charge is 0.410 e. The fourth-order valence-electron chi connectivity index (χ4n) is 5.52. The second-order valence-electron chi connectivity index (χ2n) is 13.9. The summed E-state index contributed by atoms with van der Waals surface area (Å²) >= 11 is 5.98. The van der Waals surface area contributed by atoms with Crippen LogP contribution in [0.2, 0.25) is 5.02 Å². The van der Waals surface area contributed by atoms with E-state index in [1.165, 1.54) is 0 Å². The Balaban J connectivity index is 1.40. The molecule has 2 amide bonds. The monoisotopic (exact) mass is 698 g/mol. The summed E-state index contributed by atoms with van der Waals surface area (Å²) in [6, 6.07) is 26.3. The minimum absolute atomic E-state index is 0.0932. The molecule has 1 aliphatic heterocycles. The zero-order valence-electron chi connectivity index (χ0n) is 29.0. The third-order valence-electron chi connectivity index (χ3n) is 8.40. The van der Waals surface area contributed by atoms with Crippen LogP contribution in [0.4, 0.5) is 4.79 Å². The predicted molar refractivity (Wildman–Crippen MR) is 192 cm³/mol. The standard InChI is InChI=1S/C40H43ClN2O7/c1-26(2)25-48-39(47)42-21-20-27-6-7-29(22-30(27)23-42)37(44)43(50-35-16-10-31(11-17-35)40(3,4)5)24-36(38(45)46)28-8-14-33(15-9-28)49-34-18-12-32(41)13-19-34/h6-19,22,26,36H,20-21,23-25H2,1-5H3,(H,45,46). The van der Waals surface area contributed by atoms with Gasteiger partial charge < -0.3 is 24.3 Å². The number of nitrogens with zero attached hydrogens (tertiary/aromatic N) is 2. The lowest BCUT2D eigenvalue weighted by Gasteiger charge is -2.29. The van der Waals surface area contributed by atoms with Crippen LogP contribution in [0.15, 0.2) is 91.0 Å². The molecule has 10 heteroatoms. The minimum atomic E-state index is -1.12. The topological polar surface area (TPSA) is 106 Å². The van der Waals surface area contributed by atoms with Gasteiger partial charge in [0.25, 0.3) is 5.91 Å². The van der Waals surface area contributed by atoms with E-state index < -0.39 is 23.9 Å². The van der Waals surface area contributed by atoms with Gasteiger partial charge in [-0.05, 0) is 101 Å². The third kappa shape index (κ3) is 9.36. The molecule has 0 radical (unpaired) electrons. The first kappa shape index (κ1) is 36.3. The van der Waals surface area contributed by atoms with Crippen LogP contribution in [0.3, 0.4) is 0 Å². The average Bonchev–Trinajstić information content (AvgIpc) is 3.09. The predicted octanol–water partition coefficient (Wildman–Crippen LogP) is 8.89. The number of benzene rings is 4. The Morgan fingerprint density at radius 2 is 1.48 bits per heavy atom. The minimum Gasteiger partial charge on any atom is -0.481 e. The van der Waals surface area contributed by atoms with Crippen molar-refractivity contribution in [3.63, 3.8) is 0 Å². The van der Waals surface area contributed by atoms with E-state index in [1.807, 2.05) is 32.0 Å². The van der Waals surface area contributed by atoms with E-state index in [-0.39, 0.29) is 17.9 Å². The van der Waals surface area contributed by atoms with Crippen LogP contribution in [-0.2, 0) is 27.9 Å². The second kappa shape index (κ2) is 15.7. The second-order valence-corrected chi connectivity index (χ2v) is 14.3. The van der Waals surface area contributed by atoms with Crippen molar-refractivity contribution in [3.05, 3.63) is 124 Å². The third-order valence-corrected chi connectivity index (χ3v) is 8.66. The maximum atomic E-state index is 14.2. The van der Waals surface area contributed by atoms with Crippen molar-refractivity contribution < 1.29 is 33.8 Å². The number of carbonyl (C=O) groups is 3. The summed E-state index contributed by atoms with van der Waals surface area (Å²) in [5.74, 6) is -1.06. The largest absolute Gasteiger partial charge is 0.481 e. The maximum absolute atomic E-state index is 14.2. The number of amides is 2. The Morgan fingerprint density at radius 3 is 2.08 bits per heavy atom. The molecule has 0 fully saturated rings. The van der Waals surface area contributed by atoms with E-state index in [9.17, 15) is 19.5 Å². The lowest BCUT2D eigenvalue weighted by molar-refractivity contribution is -0.141. The van der Waals surface area contributed by atoms with Gasteiger partial charge >= 0.3 is 12.1 Å². The molecular formula is C40H43ClN2O7. The summed E-state index contributed by atoms with van der Waals surface area (Å²) < 4.78 is 11.3. The van der Waals surface area contributed by atoms with Gasteiger partial charge in [-0.15, -0.1) is 0 Å². The number of ether oxygens (including phenoxy) is 2. The number of hydrogen-bond donors (Lipinski definition) is 1. The molecule has 0 spiro atoms. The number of hydrogen-bond acceptors (Lipinski definition) is 6. The molecule has 1 heterocycles. The SMILES string of the molecule is CC(C)COC(=O)N1CCc2ccc(C(=O)N(CC(C(=O)O)c3ccc(Oc4ccc(Cl)cc4)cc3)Oc3ccc(C(C)(C)C)cc3)cc2C1. The van der Waals surface area contributed by atoms with Crippen molar-refractivity contribution >= 4 is 29.6 Å². The van der Waals surface area contributed by atoms with E-state index in [2.05, 4.69) is 20.8 Å². The highest BCUT2D eigenvalue weighted by Crippen LogP contribution is 2.29. The van der Waals surface area contributed by atoms with Gasteiger partial charge in [0.15, 0.2) is 5.75 Å². The number of fused-ring (bicyclic) bond motifs is 1. The first-order chi connectivity index (χ1) is 23.8. The molecule has 0 aliphatic carbocycles. The van der Waals surface area contributed by atoms with Crippen molar-refractivity contribution in [2.45, 2.75) is 58.9 Å². The van der Waals surface area contributed by atoms with Crippen LogP contribution < -0.4 is 9.57 Å². The average molecular weight is 699 g/mol. The highest BCUT2D eigenvalue weighted by Gasteiger charge is 2.30. The Morgan fingerprint density at radius 1 is 0.860 bits per heavy atom. The fourth-order valence-corrected chi connectivity index (χ4v) is 5.65. The molecule has 1 N–H and O–H groups in total. The molecule has 4 aromatic carbocycles. The Kier molecular flexibility index (Phi) is 11.4. The fraction of sp³-hybridized carbons (Fsp3) is 0.325. The van der Waals surface area contributed by atoms with Crippen molar-refractivity contribution in [1.82, 2.24) is 9.96 Å². The number of carboxylic acids is 1. The molecule has 4 aromatic rings. The van der Waals surface area contributed by atoms with E-state index in [0.717, 1.165) is 21.8 Å². The summed E-state index contributed by atoms with van der Waals surface area (Å²) in [6.45, 7) is 11.1. The van der Waals surface area contributed by atoms with Gasteiger partial charge in [-0.2, -0.15) is 5.06 Å². The van der Waals surface area contributed by atoms with Gasteiger partial charge in [0.2, 0.25) is 0 Å². The van der Waals surface area contributed by atoms with Crippen molar-refractivity contribution in [2.24, 2.45) is 5.92 Å². The molecule has 50 heavy (non-hydrogen) atoms. The summed E-state index contributed by atoms with van der Waals surface area (Å²) in [4.78, 5) is 47.4. The Bertz CT molecular complexity index is 1800. The zero-order valence-corrected chi connectivity index (χ0v) is 29.8. The molecule has 262 valence electrons. The van der Waals surface area contributed by atoms with Crippen LogP contribution in [0, 0.1) is 5.92 Å². The van der Waals surface area contributed by atoms with Crippen LogP contribution in [0.5, 0.6) is 17.2 Å². The highest BCUT2D eigenvalue weighted by molar-refractivity contribution is 6.30. The molecular weight excluding hydrogens is 656 g/mol. The van der Waals surface area contributed by atoms with Gasteiger partial charge in [0.05, 0.1) is 13.2 Å². The van der Waals surface area contributed by atoms with E-state index in [4.69, 9.17) is 25.9 Å². The summed E-state index contributed by atoms with van der Waals surface area (Å²) in [6.07, 6.45) is 0.235. The highest BCUT2D eigenvalue weighted by atomic mass is 35.5. The van der Waals surface area contributed by atoms with E-state index >= 15 is 0 Å². The van der Waals surface area contributed by atoms with Gasteiger partial charge in [-0.1, -0.05) is 76.6 Å². The van der Waals surface area contributed by atoms with E-state index in [1.54, 1.807) is 77.7 Å². The van der Waals surface area contributed by atoms with Crippen LogP contribution in [0.1, 0.15) is 73.1 Å². The quantitative estimate of drug-likeness (QED) is 0.156. The molecule has 0 saturated carbocycles. The number of carbonyl (C=O) groups excluding carboxylic acids is 2. The summed E-state index contributed by atoms with van der Waals surface area (Å²) in [5.41, 5.74) is 3.62. The number of halogens is 1. The number of hydroxylamine groups is 2. The summed E-state index contributed by atoms with van der Waals surface area (Å²) in [5, 5.41) is 12.1. The van der Waals surface area contributed by atoms with Crippen LogP contribution >= 0.6 is 11.6 Å². The lowest BCUT2D eigenvalue weighted by atomic mass is 9.87. The van der Waals surface area contributed by atoms with Crippen LogP contribution in [-0.4, -0.2) is 52.7 Å². The molecule has 5 rings (SSSR count). The lowest BCUT2D eigenvalue weighted by Crippen LogP contribution is -2.40. The van der Waals surface area contributed by atoms with Crippen molar-refractivity contribution in [1.29, 1.82) is 0 Å². The van der Waals surface area contributed by atoms with Crippen LogP contribution in [0.25, 0.3) is 0 Å². The summed E-state index contributed by atoms with van der Waals surface area (Å²) in [7, 11) is 0. The number of aliphatic carboxylic acids is 1. The van der Waals surface area contributed by atoms with Gasteiger partial charge in [0, 0.05) is 23.7 Å². The molecule has 1 unspecified atom stereocenters. The van der Waals surface area contributed by atoms with Gasteiger partial charge in [-0.3, -0.25) is 9.59 Å². The van der Waals surface area contributed by atoms with Crippen molar-refractivity contribution in [2.75, 3.05) is 19.7 Å². The first-order valence-electron chi connectivity index (χ1n) is 16.7. The number of carboxylic acid groups (broad SMARTS) is 1. The number of rotatable bonds is 11. The maximum Gasteiger partial charge on any atom is 0.410 e. The normalized spacial score (nSPS) is 13.3. The molecule has 1 aliphatic rings. The van der Waals surface area contributed by atoms with E-state index in [0.29, 0.717) is 59.5 Å². The Hall–Kier alpha value is -5.02. The molecule has 0 aromatic heterocycles. The zero-order chi connectivity index (χ0) is 36.0. The van der Waals surface area contributed by atoms with Gasteiger partial charge in [0.1, 0.15) is 17.4 Å². The molecule has 9 nitrogen and oxygen atoms in total. The first-order valence-corrected chi connectivity index (χ1v) is 17.0. The van der Waals surface area contributed by atoms with Crippen molar-refractivity contribution in [3.8, 4) is 17.2 Å². The molecule has 0 saturated heterocycles. The molecule has 0 bridgehead atoms.